The quantitative estimate of drug-likeness (QED) is 0.883. The zero-order chi connectivity index (χ0) is 16.9. The molecule has 0 aliphatic heterocycles. The highest BCUT2D eigenvalue weighted by molar-refractivity contribution is 7.16. The van der Waals surface area contributed by atoms with Gasteiger partial charge in [0.25, 0.3) is 5.91 Å². The molecule has 1 aromatic carbocycles. The monoisotopic (exact) mass is 340 g/mol. The van der Waals surface area contributed by atoms with Crippen LogP contribution in [-0.2, 0) is 17.6 Å². The Kier molecular flexibility index (Phi) is 5.17. The lowest BCUT2D eigenvalue weighted by molar-refractivity contribution is -0.122. The standard InChI is InChI=1S/C19H20N2O2S/c1-2-16(23-13-8-4-3-5-9-13)18(22)21-19-15(12-20)14-10-6-7-11-17(14)24-19/h3-5,8-9,16H,2,6-7,10-11H2,1H3,(H,21,22). The number of nitriles is 1. The molecule has 0 fully saturated rings. The Morgan fingerprint density at radius 3 is 2.79 bits per heavy atom. The second kappa shape index (κ2) is 7.50. The van der Waals surface area contributed by atoms with E-state index in [1.807, 2.05) is 37.3 Å². The number of benzene rings is 1. The maximum Gasteiger partial charge on any atom is 0.266 e. The van der Waals surface area contributed by atoms with Crippen LogP contribution in [0.15, 0.2) is 30.3 Å². The maximum absolute atomic E-state index is 12.6. The lowest BCUT2D eigenvalue weighted by Crippen LogP contribution is -2.32. The molecular weight excluding hydrogens is 320 g/mol. The SMILES string of the molecule is CCC(Oc1ccccc1)C(=O)Nc1sc2c(c1C#N)CCCC2. The highest BCUT2D eigenvalue weighted by Crippen LogP contribution is 2.37. The van der Waals surface area contributed by atoms with Gasteiger partial charge in [-0.05, 0) is 49.8 Å². The molecule has 0 bridgehead atoms. The van der Waals surface area contributed by atoms with E-state index in [4.69, 9.17) is 4.74 Å². The Morgan fingerprint density at radius 1 is 1.33 bits per heavy atom. The Bertz CT molecular complexity index is 762. The minimum Gasteiger partial charge on any atom is -0.481 e. The summed E-state index contributed by atoms with van der Waals surface area (Å²) >= 11 is 1.54. The lowest BCUT2D eigenvalue weighted by Gasteiger charge is -2.16. The van der Waals surface area contributed by atoms with Crippen LogP contribution in [0.4, 0.5) is 5.00 Å². The largest absolute Gasteiger partial charge is 0.481 e. The van der Waals surface area contributed by atoms with Gasteiger partial charge in [0.05, 0.1) is 5.56 Å². The number of para-hydroxylation sites is 1. The summed E-state index contributed by atoms with van der Waals surface area (Å²) in [4.78, 5) is 13.8. The first-order valence-corrected chi connectivity index (χ1v) is 9.11. The van der Waals surface area contributed by atoms with Gasteiger partial charge in [-0.3, -0.25) is 4.79 Å². The number of nitrogens with zero attached hydrogens (tertiary/aromatic N) is 1. The zero-order valence-corrected chi connectivity index (χ0v) is 14.5. The smallest absolute Gasteiger partial charge is 0.266 e. The van der Waals surface area contributed by atoms with E-state index in [0.29, 0.717) is 22.7 Å². The summed E-state index contributed by atoms with van der Waals surface area (Å²) in [5.74, 6) is 0.474. The van der Waals surface area contributed by atoms with Crippen LogP contribution in [0.2, 0.25) is 0 Å². The molecule has 1 N–H and O–H groups in total. The number of carbonyl (C=O) groups excluding carboxylic acids is 1. The Balaban J connectivity index is 1.76. The van der Waals surface area contributed by atoms with Crippen molar-refractivity contribution >= 4 is 22.2 Å². The minimum atomic E-state index is -0.571. The fourth-order valence-electron chi connectivity index (χ4n) is 2.95. The summed E-state index contributed by atoms with van der Waals surface area (Å²) in [6, 6.07) is 11.6. The van der Waals surface area contributed by atoms with Crippen molar-refractivity contribution in [3.05, 3.63) is 46.3 Å². The molecule has 1 atom stereocenters. The number of amides is 1. The first-order valence-electron chi connectivity index (χ1n) is 8.30. The van der Waals surface area contributed by atoms with Crippen LogP contribution in [0.25, 0.3) is 0 Å². The number of hydrogen-bond donors (Lipinski definition) is 1. The number of ether oxygens (including phenoxy) is 1. The molecule has 0 saturated heterocycles. The van der Waals surface area contributed by atoms with Crippen molar-refractivity contribution in [2.45, 2.75) is 45.1 Å². The molecule has 1 aromatic heterocycles. The average molecular weight is 340 g/mol. The molecule has 1 aliphatic carbocycles. The van der Waals surface area contributed by atoms with E-state index in [1.54, 1.807) is 0 Å². The third-order valence-electron chi connectivity index (χ3n) is 4.20. The Labute approximate surface area is 146 Å². The molecule has 124 valence electrons. The summed E-state index contributed by atoms with van der Waals surface area (Å²) in [5, 5.41) is 13.1. The molecule has 24 heavy (non-hydrogen) atoms. The van der Waals surface area contributed by atoms with E-state index < -0.39 is 6.10 Å². The summed E-state index contributed by atoms with van der Waals surface area (Å²) < 4.78 is 5.78. The molecule has 0 saturated carbocycles. The van der Waals surface area contributed by atoms with Gasteiger partial charge in [-0.15, -0.1) is 11.3 Å². The second-order valence-electron chi connectivity index (χ2n) is 5.84. The molecule has 1 heterocycles. The molecule has 4 nitrogen and oxygen atoms in total. The summed E-state index contributed by atoms with van der Waals surface area (Å²) in [5.41, 5.74) is 1.76. The number of fused-ring (bicyclic) bond motifs is 1. The van der Waals surface area contributed by atoms with Crippen LogP contribution in [0.3, 0.4) is 0 Å². The zero-order valence-electron chi connectivity index (χ0n) is 13.7. The molecule has 0 spiro atoms. The minimum absolute atomic E-state index is 0.198. The number of thiophene rings is 1. The van der Waals surface area contributed by atoms with Crippen LogP contribution in [0.1, 0.15) is 42.2 Å². The average Bonchev–Trinajstić information content (AvgIpc) is 2.97. The van der Waals surface area contributed by atoms with Crippen LogP contribution in [0.5, 0.6) is 5.75 Å². The van der Waals surface area contributed by atoms with Gasteiger partial charge in [-0.25, -0.2) is 0 Å². The predicted molar refractivity (Wildman–Crippen MR) is 95.5 cm³/mol. The molecular formula is C19H20N2O2S. The van der Waals surface area contributed by atoms with Crippen molar-refractivity contribution in [2.75, 3.05) is 5.32 Å². The van der Waals surface area contributed by atoms with Crippen LogP contribution in [-0.4, -0.2) is 12.0 Å². The molecule has 3 rings (SSSR count). The van der Waals surface area contributed by atoms with Gasteiger partial charge in [0.2, 0.25) is 0 Å². The van der Waals surface area contributed by atoms with E-state index in [2.05, 4.69) is 11.4 Å². The van der Waals surface area contributed by atoms with Crippen LogP contribution in [0, 0.1) is 11.3 Å². The van der Waals surface area contributed by atoms with Gasteiger partial charge in [0.1, 0.15) is 16.8 Å². The molecule has 1 unspecified atom stereocenters. The van der Waals surface area contributed by atoms with Gasteiger partial charge < -0.3 is 10.1 Å². The number of hydrogen-bond acceptors (Lipinski definition) is 4. The van der Waals surface area contributed by atoms with Gasteiger partial charge in [-0.1, -0.05) is 25.1 Å². The third kappa shape index (κ3) is 3.44. The summed E-state index contributed by atoms with van der Waals surface area (Å²) in [7, 11) is 0. The fourth-order valence-corrected chi connectivity index (χ4v) is 4.19. The van der Waals surface area contributed by atoms with Gasteiger partial charge in [0.15, 0.2) is 6.10 Å². The van der Waals surface area contributed by atoms with E-state index in [1.165, 1.54) is 16.2 Å². The third-order valence-corrected chi connectivity index (χ3v) is 5.41. The van der Waals surface area contributed by atoms with Crippen LogP contribution >= 0.6 is 11.3 Å². The number of rotatable bonds is 5. The van der Waals surface area contributed by atoms with Gasteiger partial charge in [-0.2, -0.15) is 5.26 Å². The number of nitrogens with one attached hydrogen (secondary N) is 1. The van der Waals surface area contributed by atoms with Gasteiger partial charge >= 0.3 is 0 Å². The van der Waals surface area contributed by atoms with Gasteiger partial charge in [0, 0.05) is 4.88 Å². The highest BCUT2D eigenvalue weighted by Gasteiger charge is 2.25. The predicted octanol–water partition coefficient (Wildman–Crippen LogP) is 4.29. The van der Waals surface area contributed by atoms with E-state index in [9.17, 15) is 10.1 Å². The second-order valence-corrected chi connectivity index (χ2v) is 6.95. The molecule has 5 heteroatoms. The lowest BCUT2D eigenvalue weighted by atomic mass is 9.96. The fraction of sp³-hybridized carbons (Fsp3) is 0.368. The van der Waals surface area contributed by atoms with E-state index in [0.717, 1.165) is 31.2 Å². The Morgan fingerprint density at radius 2 is 2.08 bits per heavy atom. The number of aryl methyl sites for hydroxylation is 1. The van der Waals surface area contributed by atoms with Crippen molar-refractivity contribution in [1.82, 2.24) is 0 Å². The summed E-state index contributed by atoms with van der Waals surface area (Å²) in [6.07, 6.45) is 4.19. The highest BCUT2D eigenvalue weighted by atomic mass is 32.1. The van der Waals surface area contributed by atoms with Crippen LogP contribution < -0.4 is 10.1 Å². The first kappa shape index (κ1) is 16.5. The van der Waals surface area contributed by atoms with Crippen molar-refractivity contribution < 1.29 is 9.53 Å². The molecule has 0 radical (unpaired) electrons. The number of carbonyl (C=O) groups is 1. The van der Waals surface area contributed by atoms with Crippen molar-refractivity contribution in [3.63, 3.8) is 0 Å². The summed E-state index contributed by atoms with van der Waals surface area (Å²) in [6.45, 7) is 1.91. The maximum atomic E-state index is 12.6. The van der Waals surface area contributed by atoms with E-state index >= 15 is 0 Å². The first-order chi connectivity index (χ1) is 11.7. The van der Waals surface area contributed by atoms with Crippen molar-refractivity contribution in [2.24, 2.45) is 0 Å². The number of anilines is 1. The normalized spacial score (nSPS) is 14.3. The molecule has 1 aliphatic rings. The Hall–Kier alpha value is -2.32. The topological polar surface area (TPSA) is 62.1 Å². The van der Waals surface area contributed by atoms with E-state index in [-0.39, 0.29) is 5.91 Å². The van der Waals surface area contributed by atoms with Crippen molar-refractivity contribution in [3.8, 4) is 11.8 Å². The molecule has 2 aromatic rings. The van der Waals surface area contributed by atoms with Crippen molar-refractivity contribution in [1.29, 1.82) is 5.26 Å². The molecule has 1 amide bonds.